The first-order chi connectivity index (χ1) is 5.13. The van der Waals surface area contributed by atoms with Gasteiger partial charge in [-0.25, -0.2) is 8.78 Å². The molecule has 0 amide bonds. The first-order valence-electron chi connectivity index (χ1n) is 3.00. The van der Waals surface area contributed by atoms with Gasteiger partial charge in [0, 0.05) is 21.5 Å². The van der Waals surface area contributed by atoms with Gasteiger partial charge in [0.05, 0.1) is 0 Å². The van der Waals surface area contributed by atoms with Crippen molar-refractivity contribution in [3.05, 3.63) is 27.6 Å². The van der Waals surface area contributed by atoms with Crippen molar-refractivity contribution in [2.24, 2.45) is 0 Å². The van der Waals surface area contributed by atoms with Crippen LogP contribution in [0.2, 0.25) is 0 Å². The number of rotatable bonds is 1. The lowest BCUT2D eigenvalue weighted by Crippen LogP contribution is -2.03. The summed E-state index contributed by atoms with van der Waals surface area (Å²) >= 11 is 8.56. The predicted octanol–water partition coefficient (Wildman–Crippen LogP) is 3.63. The van der Waals surface area contributed by atoms with E-state index in [0.717, 1.165) is 0 Å². The second-order valence-electron chi connectivity index (χ2n) is 2.05. The van der Waals surface area contributed by atoms with Crippen molar-refractivity contribution in [1.29, 1.82) is 0 Å². The van der Waals surface area contributed by atoms with Crippen molar-refractivity contribution < 1.29 is 8.78 Å². The Balaban J connectivity index is 2.94. The van der Waals surface area contributed by atoms with Gasteiger partial charge >= 0.3 is 0 Å². The standard InChI is InChI=1S/C7H5BrClF2/c8-4-2-1-3-5(9)6(4)7(10)11/h2-3,7H,1H2. The largest absolute Gasteiger partial charge is 0.266 e. The molecule has 0 spiro atoms. The molecule has 0 saturated carbocycles. The van der Waals surface area contributed by atoms with Gasteiger partial charge in [0.15, 0.2) is 0 Å². The van der Waals surface area contributed by atoms with Crippen molar-refractivity contribution in [2.75, 3.05) is 0 Å². The van der Waals surface area contributed by atoms with Crippen LogP contribution < -0.4 is 0 Å². The lowest BCUT2D eigenvalue weighted by molar-refractivity contribution is 0.193. The summed E-state index contributed by atoms with van der Waals surface area (Å²) in [5.41, 5.74) is -0.113. The summed E-state index contributed by atoms with van der Waals surface area (Å²) in [7, 11) is 0. The molecule has 0 bridgehead atoms. The zero-order valence-electron chi connectivity index (χ0n) is 5.45. The minimum Gasteiger partial charge on any atom is -0.205 e. The number of hydrogen-bond donors (Lipinski definition) is 0. The second-order valence-corrected chi connectivity index (χ2v) is 3.32. The van der Waals surface area contributed by atoms with Crippen LogP contribution in [0.1, 0.15) is 6.42 Å². The zero-order chi connectivity index (χ0) is 8.43. The Morgan fingerprint density at radius 1 is 1.55 bits per heavy atom. The highest BCUT2D eigenvalue weighted by Gasteiger charge is 2.21. The normalized spacial score (nSPS) is 19.2. The topological polar surface area (TPSA) is 0 Å². The van der Waals surface area contributed by atoms with Gasteiger partial charge in [-0.3, -0.25) is 0 Å². The minimum absolute atomic E-state index is 0.113. The first-order valence-corrected chi connectivity index (χ1v) is 4.17. The van der Waals surface area contributed by atoms with E-state index in [0.29, 0.717) is 10.9 Å². The summed E-state index contributed by atoms with van der Waals surface area (Å²) in [5.74, 6) is 0. The summed E-state index contributed by atoms with van der Waals surface area (Å²) in [6, 6.07) is 0. The van der Waals surface area contributed by atoms with Gasteiger partial charge in [0.25, 0.3) is 6.43 Å². The summed E-state index contributed by atoms with van der Waals surface area (Å²) in [4.78, 5) is 0. The molecule has 0 saturated heterocycles. The maximum atomic E-state index is 12.2. The van der Waals surface area contributed by atoms with Crippen molar-refractivity contribution in [1.82, 2.24) is 0 Å². The van der Waals surface area contributed by atoms with Crippen molar-refractivity contribution in [3.8, 4) is 0 Å². The molecule has 11 heavy (non-hydrogen) atoms. The van der Waals surface area contributed by atoms with Crippen LogP contribution in [0.15, 0.2) is 21.2 Å². The fourth-order valence-corrected chi connectivity index (χ4v) is 1.77. The Labute approximate surface area is 77.0 Å². The summed E-state index contributed by atoms with van der Waals surface area (Å²) in [5, 5.41) is 0.148. The van der Waals surface area contributed by atoms with Gasteiger partial charge in [-0.05, 0) is 6.42 Å². The summed E-state index contributed by atoms with van der Waals surface area (Å²) < 4.78 is 24.8. The van der Waals surface area contributed by atoms with Crippen LogP contribution in [0.3, 0.4) is 0 Å². The molecule has 0 N–H and O–H groups in total. The lowest BCUT2D eigenvalue weighted by atomic mass is 10.1. The molecule has 0 unspecified atom stereocenters. The fraction of sp³-hybridized carbons (Fsp3) is 0.286. The van der Waals surface area contributed by atoms with Gasteiger partial charge in [0.1, 0.15) is 0 Å². The van der Waals surface area contributed by atoms with Gasteiger partial charge in [-0.2, -0.15) is 0 Å². The number of hydrogen-bond acceptors (Lipinski definition) is 0. The molecule has 0 aromatic rings. The quantitative estimate of drug-likeness (QED) is 0.659. The van der Waals surface area contributed by atoms with E-state index < -0.39 is 6.43 Å². The van der Waals surface area contributed by atoms with Crippen LogP contribution >= 0.6 is 27.5 Å². The monoisotopic (exact) mass is 241 g/mol. The van der Waals surface area contributed by atoms with E-state index in [1.54, 1.807) is 12.5 Å². The molecular formula is C7H5BrClF2. The van der Waals surface area contributed by atoms with Crippen molar-refractivity contribution in [2.45, 2.75) is 12.8 Å². The van der Waals surface area contributed by atoms with Crippen molar-refractivity contribution >= 4 is 27.5 Å². The van der Waals surface area contributed by atoms with E-state index in [1.165, 1.54) is 0 Å². The highest BCUT2D eigenvalue weighted by Crippen LogP contribution is 2.34. The Morgan fingerprint density at radius 3 is 2.55 bits per heavy atom. The molecule has 0 atom stereocenters. The predicted molar refractivity (Wildman–Crippen MR) is 44.8 cm³/mol. The van der Waals surface area contributed by atoms with Crippen LogP contribution in [0.25, 0.3) is 0 Å². The lowest BCUT2D eigenvalue weighted by Gasteiger charge is -2.12. The molecule has 0 nitrogen and oxygen atoms in total. The smallest absolute Gasteiger partial charge is 0.205 e. The average Bonchev–Trinajstić information content (AvgIpc) is 1.85. The molecule has 1 rings (SSSR count). The molecule has 1 aliphatic rings. The summed E-state index contributed by atoms with van der Waals surface area (Å²) in [6.45, 7) is 0. The molecule has 0 fully saturated rings. The third-order valence-corrected chi connectivity index (χ3v) is 2.44. The maximum Gasteiger partial charge on any atom is 0.266 e. The zero-order valence-corrected chi connectivity index (χ0v) is 7.79. The average molecular weight is 242 g/mol. The number of allylic oxidation sites excluding steroid dienone is 4. The van der Waals surface area contributed by atoms with E-state index in [9.17, 15) is 8.78 Å². The van der Waals surface area contributed by atoms with E-state index in [1.807, 2.05) is 0 Å². The van der Waals surface area contributed by atoms with Crippen molar-refractivity contribution in [3.63, 3.8) is 0 Å². The van der Waals surface area contributed by atoms with Crippen LogP contribution in [0.5, 0.6) is 0 Å². The molecule has 1 aliphatic carbocycles. The molecule has 1 radical (unpaired) electrons. The Kier molecular flexibility index (Phi) is 3.07. The third-order valence-electron chi connectivity index (χ3n) is 1.33. The van der Waals surface area contributed by atoms with Crippen LogP contribution in [-0.4, -0.2) is 6.43 Å². The van der Waals surface area contributed by atoms with Gasteiger partial charge in [-0.1, -0.05) is 33.6 Å². The Hall–Kier alpha value is 0.110. The second kappa shape index (κ2) is 3.68. The first kappa shape index (κ1) is 9.20. The summed E-state index contributed by atoms with van der Waals surface area (Å²) in [6.07, 6.45) is 1.32. The molecule has 0 aromatic heterocycles. The van der Waals surface area contributed by atoms with Crippen LogP contribution in [0, 0.1) is 6.42 Å². The van der Waals surface area contributed by atoms with E-state index in [2.05, 4.69) is 15.9 Å². The third kappa shape index (κ3) is 2.03. The molecule has 61 valence electrons. The van der Waals surface area contributed by atoms with Crippen LogP contribution in [0.4, 0.5) is 8.78 Å². The molecular weight excluding hydrogens is 237 g/mol. The highest BCUT2D eigenvalue weighted by molar-refractivity contribution is 9.11. The van der Waals surface area contributed by atoms with E-state index in [4.69, 9.17) is 11.6 Å². The van der Waals surface area contributed by atoms with E-state index in [-0.39, 0.29) is 10.6 Å². The maximum absolute atomic E-state index is 12.2. The van der Waals surface area contributed by atoms with Gasteiger partial charge in [-0.15, -0.1) is 0 Å². The minimum atomic E-state index is -2.51. The van der Waals surface area contributed by atoms with Crippen LogP contribution in [-0.2, 0) is 0 Å². The van der Waals surface area contributed by atoms with Gasteiger partial charge < -0.3 is 0 Å². The molecule has 0 aliphatic heterocycles. The molecule has 0 aromatic carbocycles. The molecule has 0 heterocycles. The molecule has 4 heteroatoms. The fourth-order valence-electron chi connectivity index (χ4n) is 0.808. The number of halogens is 4. The van der Waals surface area contributed by atoms with Gasteiger partial charge in [0.2, 0.25) is 0 Å². The highest BCUT2D eigenvalue weighted by atomic mass is 79.9. The SMILES string of the molecule is FC(F)C1=C(Br)[CH]CC=C1Cl. The van der Waals surface area contributed by atoms with E-state index >= 15 is 0 Å². The Morgan fingerprint density at radius 2 is 2.18 bits per heavy atom. The number of alkyl halides is 2. The Bertz CT molecular complexity index is 220.